The van der Waals surface area contributed by atoms with E-state index in [1.54, 1.807) is 12.1 Å². The van der Waals surface area contributed by atoms with Crippen molar-refractivity contribution in [1.29, 1.82) is 0 Å². The summed E-state index contributed by atoms with van der Waals surface area (Å²) >= 11 is 0. The molecule has 19 heavy (non-hydrogen) atoms. The van der Waals surface area contributed by atoms with Gasteiger partial charge < -0.3 is 20.5 Å². The van der Waals surface area contributed by atoms with E-state index in [0.29, 0.717) is 28.6 Å². The molecule has 0 bridgehead atoms. The Morgan fingerprint density at radius 2 is 2.00 bits per heavy atom. The van der Waals surface area contributed by atoms with E-state index in [2.05, 4.69) is 5.32 Å². The van der Waals surface area contributed by atoms with Crippen LogP contribution in [-0.4, -0.2) is 12.5 Å². The maximum Gasteiger partial charge on any atom is 0.262 e. The number of carbonyl (C=O) groups excluding carboxylic acids is 1. The molecule has 2 aromatic carbocycles. The van der Waals surface area contributed by atoms with E-state index < -0.39 is 0 Å². The first kappa shape index (κ1) is 11.4. The minimum atomic E-state index is -0.192. The van der Waals surface area contributed by atoms with Gasteiger partial charge in [0.2, 0.25) is 0 Å². The summed E-state index contributed by atoms with van der Waals surface area (Å²) in [5, 5.41) is 2.71. The third-order valence-corrected chi connectivity index (χ3v) is 2.72. The molecule has 5 heteroatoms. The molecule has 96 valence electrons. The normalized spacial score (nSPS) is 13.2. The first-order valence-electron chi connectivity index (χ1n) is 5.81. The SMILES string of the molecule is Nc1cc2c(cc1Oc1ccccc1)NC(=O)CO2. The summed E-state index contributed by atoms with van der Waals surface area (Å²) < 4.78 is 11.0. The van der Waals surface area contributed by atoms with E-state index in [4.69, 9.17) is 15.2 Å². The van der Waals surface area contributed by atoms with Crippen molar-refractivity contribution in [2.75, 3.05) is 17.7 Å². The molecule has 1 aliphatic rings. The Hall–Kier alpha value is -2.69. The molecule has 0 radical (unpaired) electrons. The van der Waals surface area contributed by atoms with Gasteiger partial charge in [0.15, 0.2) is 12.4 Å². The van der Waals surface area contributed by atoms with Crippen LogP contribution in [0.5, 0.6) is 17.2 Å². The lowest BCUT2D eigenvalue weighted by molar-refractivity contribution is -0.118. The molecule has 1 aliphatic heterocycles. The van der Waals surface area contributed by atoms with E-state index in [1.807, 2.05) is 30.3 Å². The van der Waals surface area contributed by atoms with E-state index in [1.165, 1.54) is 0 Å². The van der Waals surface area contributed by atoms with E-state index >= 15 is 0 Å². The maximum absolute atomic E-state index is 11.3. The van der Waals surface area contributed by atoms with Crippen molar-refractivity contribution in [2.45, 2.75) is 0 Å². The highest BCUT2D eigenvalue weighted by atomic mass is 16.5. The Labute approximate surface area is 109 Å². The summed E-state index contributed by atoms with van der Waals surface area (Å²) in [6.07, 6.45) is 0. The summed E-state index contributed by atoms with van der Waals surface area (Å²) in [6, 6.07) is 12.6. The molecule has 5 nitrogen and oxygen atoms in total. The van der Waals surface area contributed by atoms with Crippen LogP contribution in [0, 0.1) is 0 Å². The molecule has 0 saturated carbocycles. The Bertz CT molecular complexity index is 626. The van der Waals surface area contributed by atoms with Crippen LogP contribution >= 0.6 is 0 Å². The van der Waals surface area contributed by atoms with Gasteiger partial charge in [-0.2, -0.15) is 0 Å². The molecule has 3 rings (SSSR count). The Morgan fingerprint density at radius 1 is 1.21 bits per heavy atom. The fourth-order valence-corrected chi connectivity index (χ4v) is 1.83. The zero-order valence-electron chi connectivity index (χ0n) is 10.1. The van der Waals surface area contributed by atoms with Gasteiger partial charge in [-0.1, -0.05) is 18.2 Å². The Morgan fingerprint density at radius 3 is 2.79 bits per heavy atom. The number of hydrogen-bond donors (Lipinski definition) is 2. The van der Waals surface area contributed by atoms with Gasteiger partial charge in [-0.15, -0.1) is 0 Å². The van der Waals surface area contributed by atoms with Crippen molar-refractivity contribution in [2.24, 2.45) is 0 Å². The number of anilines is 2. The highest BCUT2D eigenvalue weighted by Crippen LogP contribution is 2.38. The fraction of sp³-hybridized carbons (Fsp3) is 0.0714. The zero-order chi connectivity index (χ0) is 13.2. The van der Waals surface area contributed by atoms with Gasteiger partial charge >= 0.3 is 0 Å². The largest absolute Gasteiger partial charge is 0.481 e. The van der Waals surface area contributed by atoms with E-state index in [-0.39, 0.29) is 12.5 Å². The summed E-state index contributed by atoms with van der Waals surface area (Å²) in [4.78, 5) is 11.3. The van der Waals surface area contributed by atoms with Gasteiger partial charge in [-0.3, -0.25) is 4.79 Å². The number of nitrogen functional groups attached to an aromatic ring is 1. The molecular weight excluding hydrogens is 244 g/mol. The van der Waals surface area contributed by atoms with Crippen LogP contribution in [0.2, 0.25) is 0 Å². The van der Waals surface area contributed by atoms with Crippen molar-refractivity contribution in [3.63, 3.8) is 0 Å². The Kier molecular flexibility index (Phi) is 2.72. The number of para-hydroxylation sites is 1. The van der Waals surface area contributed by atoms with Crippen LogP contribution in [0.1, 0.15) is 0 Å². The smallest absolute Gasteiger partial charge is 0.262 e. The molecule has 1 amide bonds. The van der Waals surface area contributed by atoms with Crippen molar-refractivity contribution in [3.05, 3.63) is 42.5 Å². The van der Waals surface area contributed by atoms with Crippen molar-refractivity contribution in [1.82, 2.24) is 0 Å². The van der Waals surface area contributed by atoms with Crippen LogP contribution in [0.3, 0.4) is 0 Å². The van der Waals surface area contributed by atoms with Gasteiger partial charge in [0.25, 0.3) is 5.91 Å². The monoisotopic (exact) mass is 256 g/mol. The third kappa shape index (κ3) is 2.30. The second kappa shape index (κ2) is 4.53. The highest BCUT2D eigenvalue weighted by molar-refractivity contribution is 5.96. The standard InChI is InChI=1S/C14H12N2O3/c15-10-6-13-11(16-14(17)8-18-13)7-12(10)19-9-4-2-1-3-5-9/h1-7H,8,15H2,(H,16,17). The molecule has 0 saturated heterocycles. The highest BCUT2D eigenvalue weighted by Gasteiger charge is 2.18. The Balaban J connectivity index is 1.94. The summed E-state index contributed by atoms with van der Waals surface area (Å²) in [5.41, 5.74) is 6.93. The number of hydrogen-bond acceptors (Lipinski definition) is 4. The molecule has 3 N–H and O–H groups in total. The van der Waals surface area contributed by atoms with Gasteiger partial charge in [0, 0.05) is 12.1 Å². The molecule has 0 atom stereocenters. The first-order chi connectivity index (χ1) is 9.22. The van der Waals surface area contributed by atoms with Crippen molar-refractivity contribution in [3.8, 4) is 17.2 Å². The molecule has 2 aromatic rings. The van der Waals surface area contributed by atoms with Crippen LogP contribution in [-0.2, 0) is 4.79 Å². The summed E-state index contributed by atoms with van der Waals surface area (Å²) in [5.74, 6) is 1.52. The van der Waals surface area contributed by atoms with Gasteiger partial charge in [0.05, 0.1) is 11.4 Å². The second-order valence-electron chi connectivity index (χ2n) is 4.14. The average molecular weight is 256 g/mol. The first-order valence-corrected chi connectivity index (χ1v) is 5.81. The average Bonchev–Trinajstić information content (AvgIpc) is 2.41. The fourth-order valence-electron chi connectivity index (χ4n) is 1.83. The number of ether oxygens (including phenoxy) is 2. The molecular formula is C14H12N2O3. The number of amides is 1. The number of nitrogens with two attached hydrogens (primary N) is 1. The van der Waals surface area contributed by atoms with E-state index in [9.17, 15) is 4.79 Å². The van der Waals surface area contributed by atoms with Crippen molar-refractivity contribution >= 4 is 17.3 Å². The van der Waals surface area contributed by atoms with Gasteiger partial charge in [0.1, 0.15) is 11.5 Å². The van der Waals surface area contributed by atoms with Crippen LogP contribution in [0.15, 0.2) is 42.5 Å². The van der Waals surface area contributed by atoms with Gasteiger partial charge in [-0.05, 0) is 12.1 Å². The lowest BCUT2D eigenvalue weighted by Crippen LogP contribution is -2.25. The third-order valence-electron chi connectivity index (χ3n) is 2.72. The topological polar surface area (TPSA) is 73.6 Å². The predicted octanol–water partition coefficient (Wildman–Crippen LogP) is 2.39. The number of nitrogens with one attached hydrogen (secondary N) is 1. The number of fused-ring (bicyclic) bond motifs is 1. The van der Waals surface area contributed by atoms with Crippen molar-refractivity contribution < 1.29 is 14.3 Å². The minimum Gasteiger partial charge on any atom is -0.481 e. The maximum atomic E-state index is 11.3. The van der Waals surface area contributed by atoms with Crippen LogP contribution in [0.25, 0.3) is 0 Å². The lowest BCUT2D eigenvalue weighted by Gasteiger charge is -2.19. The quantitative estimate of drug-likeness (QED) is 0.809. The summed E-state index contributed by atoms with van der Waals surface area (Å²) in [7, 11) is 0. The zero-order valence-corrected chi connectivity index (χ0v) is 10.1. The lowest BCUT2D eigenvalue weighted by atomic mass is 10.2. The van der Waals surface area contributed by atoms with E-state index in [0.717, 1.165) is 0 Å². The second-order valence-corrected chi connectivity index (χ2v) is 4.14. The molecule has 0 spiro atoms. The number of benzene rings is 2. The molecule has 0 aliphatic carbocycles. The molecule has 0 aromatic heterocycles. The van der Waals surface area contributed by atoms with Crippen LogP contribution < -0.4 is 20.5 Å². The molecule has 0 fully saturated rings. The molecule has 0 unspecified atom stereocenters. The number of rotatable bonds is 2. The van der Waals surface area contributed by atoms with Gasteiger partial charge in [-0.25, -0.2) is 0 Å². The summed E-state index contributed by atoms with van der Waals surface area (Å²) in [6.45, 7) is 0.00529. The molecule has 1 heterocycles. The van der Waals surface area contributed by atoms with Crippen LogP contribution in [0.4, 0.5) is 11.4 Å². The number of carbonyl (C=O) groups is 1. The predicted molar refractivity (Wildman–Crippen MR) is 71.5 cm³/mol. The minimum absolute atomic E-state index is 0.00529.